The lowest BCUT2D eigenvalue weighted by Gasteiger charge is -2.08. The van der Waals surface area contributed by atoms with Gasteiger partial charge in [-0.3, -0.25) is 4.79 Å². The number of amides is 1. The molecule has 0 aliphatic carbocycles. The van der Waals surface area contributed by atoms with Crippen molar-refractivity contribution in [1.82, 2.24) is 4.98 Å². The Bertz CT molecular complexity index is 955. The van der Waals surface area contributed by atoms with Crippen LogP contribution in [0.4, 0.5) is 5.69 Å². The third kappa shape index (κ3) is 4.37. The molecule has 0 radical (unpaired) electrons. The van der Waals surface area contributed by atoms with E-state index in [9.17, 15) is 9.59 Å². The van der Waals surface area contributed by atoms with E-state index in [2.05, 4.69) is 17.2 Å². The Morgan fingerprint density at radius 3 is 2.58 bits per heavy atom. The minimum absolute atomic E-state index is 0.349. The van der Waals surface area contributed by atoms with E-state index < -0.39 is 11.9 Å². The summed E-state index contributed by atoms with van der Waals surface area (Å²) in [6.07, 6.45) is 0.930. The molecule has 3 rings (SSSR count). The van der Waals surface area contributed by atoms with Gasteiger partial charge in [0.1, 0.15) is 5.15 Å². The average Bonchev–Trinajstić information content (AvgIpc) is 2.66. The lowest BCUT2D eigenvalue weighted by atomic mass is 10.1. The molecule has 2 aromatic carbocycles. The van der Waals surface area contributed by atoms with Gasteiger partial charge < -0.3 is 10.1 Å². The number of aryl methyl sites for hydroxylation is 1. The van der Waals surface area contributed by atoms with Crippen LogP contribution in [0.5, 0.6) is 0 Å². The number of nitrogens with zero attached hydrogens (tertiary/aromatic N) is 1. The molecule has 0 fully saturated rings. The highest BCUT2D eigenvalue weighted by atomic mass is 35.5. The molecule has 0 unspecified atom stereocenters. The maximum atomic E-state index is 12.1. The molecule has 0 saturated heterocycles. The first-order valence-corrected chi connectivity index (χ1v) is 8.55. The van der Waals surface area contributed by atoms with Gasteiger partial charge in [0.2, 0.25) is 0 Å². The van der Waals surface area contributed by atoms with E-state index >= 15 is 0 Å². The summed E-state index contributed by atoms with van der Waals surface area (Å²) in [5.41, 5.74) is 2.88. The second-order valence-electron chi connectivity index (χ2n) is 5.72. The number of ether oxygens (including phenoxy) is 1. The topological polar surface area (TPSA) is 68.3 Å². The predicted octanol–water partition coefficient (Wildman–Crippen LogP) is 4.25. The van der Waals surface area contributed by atoms with Crippen LogP contribution in [0.3, 0.4) is 0 Å². The number of aromatic nitrogens is 1. The zero-order valence-electron chi connectivity index (χ0n) is 14.2. The molecule has 6 heteroatoms. The number of carbonyl (C=O) groups excluding carboxylic acids is 2. The number of pyridine rings is 1. The van der Waals surface area contributed by atoms with Gasteiger partial charge in [-0.25, -0.2) is 9.78 Å². The largest absolute Gasteiger partial charge is 0.452 e. The van der Waals surface area contributed by atoms with Gasteiger partial charge in [0.05, 0.1) is 11.1 Å². The third-order valence-electron chi connectivity index (χ3n) is 3.87. The van der Waals surface area contributed by atoms with Gasteiger partial charge in [0.25, 0.3) is 5.91 Å². The maximum absolute atomic E-state index is 12.1. The van der Waals surface area contributed by atoms with Crippen molar-refractivity contribution in [3.63, 3.8) is 0 Å². The van der Waals surface area contributed by atoms with E-state index in [1.165, 1.54) is 5.56 Å². The lowest BCUT2D eigenvalue weighted by Crippen LogP contribution is -2.20. The Balaban J connectivity index is 1.59. The minimum atomic E-state index is -0.571. The molecule has 1 heterocycles. The number of halogens is 1. The summed E-state index contributed by atoms with van der Waals surface area (Å²) in [5.74, 6) is -0.963. The number of esters is 1. The van der Waals surface area contributed by atoms with Gasteiger partial charge in [-0.2, -0.15) is 0 Å². The van der Waals surface area contributed by atoms with E-state index in [4.69, 9.17) is 16.3 Å². The second-order valence-corrected chi connectivity index (χ2v) is 6.10. The Labute approximate surface area is 156 Å². The molecule has 3 aromatic rings. The SMILES string of the molecule is CCc1ccc(NC(=O)COC(=O)c2ccc3nc(Cl)ccc3c2)cc1. The summed E-state index contributed by atoms with van der Waals surface area (Å²) < 4.78 is 5.08. The first-order valence-electron chi connectivity index (χ1n) is 8.17. The minimum Gasteiger partial charge on any atom is -0.452 e. The van der Waals surface area contributed by atoms with E-state index in [1.54, 1.807) is 30.3 Å². The number of nitrogens with one attached hydrogen (secondary N) is 1. The van der Waals surface area contributed by atoms with E-state index in [-0.39, 0.29) is 6.61 Å². The van der Waals surface area contributed by atoms with Crippen LogP contribution in [0.25, 0.3) is 10.9 Å². The average molecular weight is 369 g/mol. The molecule has 0 spiro atoms. The first kappa shape index (κ1) is 17.9. The van der Waals surface area contributed by atoms with Gasteiger partial charge in [0, 0.05) is 11.1 Å². The fraction of sp³-hybridized carbons (Fsp3) is 0.150. The molecule has 0 aliphatic heterocycles. The van der Waals surface area contributed by atoms with Crippen LogP contribution < -0.4 is 5.32 Å². The van der Waals surface area contributed by atoms with E-state index in [0.29, 0.717) is 21.9 Å². The standard InChI is InChI=1S/C20H17ClN2O3/c1-2-13-3-7-16(8-4-13)22-19(24)12-26-20(25)15-5-9-17-14(11-15)6-10-18(21)23-17/h3-11H,2,12H2,1H3,(H,22,24). The summed E-state index contributed by atoms with van der Waals surface area (Å²) >= 11 is 5.84. The lowest BCUT2D eigenvalue weighted by molar-refractivity contribution is -0.119. The summed E-state index contributed by atoms with van der Waals surface area (Å²) in [5, 5.41) is 3.85. The number of hydrogen-bond acceptors (Lipinski definition) is 4. The molecule has 0 bridgehead atoms. The number of carbonyl (C=O) groups is 2. The molecule has 5 nitrogen and oxygen atoms in total. The van der Waals surface area contributed by atoms with Crippen LogP contribution in [0.15, 0.2) is 54.6 Å². The molecular weight excluding hydrogens is 352 g/mol. The molecular formula is C20H17ClN2O3. The van der Waals surface area contributed by atoms with Gasteiger partial charge in [0.15, 0.2) is 6.61 Å². The monoisotopic (exact) mass is 368 g/mol. The van der Waals surface area contributed by atoms with Crippen molar-refractivity contribution >= 4 is 40.1 Å². The fourth-order valence-corrected chi connectivity index (χ4v) is 2.62. The summed E-state index contributed by atoms with van der Waals surface area (Å²) in [4.78, 5) is 28.2. The van der Waals surface area contributed by atoms with E-state index in [0.717, 1.165) is 11.8 Å². The van der Waals surface area contributed by atoms with Crippen molar-refractivity contribution in [3.8, 4) is 0 Å². The molecule has 26 heavy (non-hydrogen) atoms. The van der Waals surface area contributed by atoms with Gasteiger partial charge in [-0.1, -0.05) is 30.7 Å². The number of benzene rings is 2. The number of hydrogen-bond donors (Lipinski definition) is 1. The van der Waals surface area contributed by atoms with Gasteiger partial charge >= 0.3 is 5.97 Å². The Morgan fingerprint density at radius 1 is 1.08 bits per heavy atom. The molecule has 132 valence electrons. The molecule has 1 amide bonds. The van der Waals surface area contributed by atoms with Crippen molar-refractivity contribution in [2.75, 3.05) is 11.9 Å². The highest BCUT2D eigenvalue weighted by molar-refractivity contribution is 6.29. The summed E-state index contributed by atoms with van der Waals surface area (Å²) in [6.45, 7) is 1.70. The van der Waals surface area contributed by atoms with Crippen LogP contribution >= 0.6 is 11.6 Å². The summed E-state index contributed by atoms with van der Waals surface area (Å²) in [7, 11) is 0. The number of rotatable bonds is 5. The van der Waals surface area contributed by atoms with Crippen molar-refractivity contribution in [1.29, 1.82) is 0 Å². The van der Waals surface area contributed by atoms with Crippen molar-refractivity contribution in [2.45, 2.75) is 13.3 Å². The van der Waals surface area contributed by atoms with Crippen molar-refractivity contribution < 1.29 is 14.3 Å². The highest BCUT2D eigenvalue weighted by Crippen LogP contribution is 2.17. The Hall–Kier alpha value is -2.92. The van der Waals surface area contributed by atoms with Gasteiger partial charge in [-0.05, 0) is 54.4 Å². The first-order chi connectivity index (χ1) is 12.5. The zero-order chi connectivity index (χ0) is 18.5. The smallest absolute Gasteiger partial charge is 0.338 e. The van der Waals surface area contributed by atoms with Crippen LogP contribution in [0, 0.1) is 0 Å². The predicted molar refractivity (Wildman–Crippen MR) is 101 cm³/mol. The Kier molecular flexibility index (Phi) is 5.49. The Morgan fingerprint density at radius 2 is 1.85 bits per heavy atom. The van der Waals surface area contributed by atoms with Crippen LogP contribution in [0.2, 0.25) is 5.15 Å². The molecule has 0 atom stereocenters. The van der Waals surface area contributed by atoms with Gasteiger partial charge in [-0.15, -0.1) is 0 Å². The van der Waals surface area contributed by atoms with Crippen LogP contribution in [-0.4, -0.2) is 23.5 Å². The van der Waals surface area contributed by atoms with Crippen LogP contribution in [0.1, 0.15) is 22.8 Å². The molecule has 1 aromatic heterocycles. The maximum Gasteiger partial charge on any atom is 0.338 e. The summed E-state index contributed by atoms with van der Waals surface area (Å²) in [6, 6.07) is 15.9. The third-order valence-corrected chi connectivity index (χ3v) is 4.08. The fourth-order valence-electron chi connectivity index (χ4n) is 2.46. The second kappa shape index (κ2) is 7.97. The zero-order valence-corrected chi connectivity index (χ0v) is 14.9. The van der Waals surface area contributed by atoms with Crippen molar-refractivity contribution in [3.05, 3.63) is 70.9 Å². The normalized spacial score (nSPS) is 10.5. The molecule has 0 saturated carbocycles. The van der Waals surface area contributed by atoms with Crippen molar-refractivity contribution in [2.24, 2.45) is 0 Å². The number of fused-ring (bicyclic) bond motifs is 1. The molecule has 0 aliphatic rings. The quantitative estimate of drug-likeness (QED) is 0.540. The van der Waals surface area contributed by atoms with Crippen LogP contribution in [-0.2, 0) is 16.0 Å². The highest BCUT2D eigenvalue weighted by Gasteiger charge is 2.11. The molecule has 1 N–H and O–H groups in total. The van der Waals surface area contributed by atoms with E-state index in [1.807, 2.05) is 24.3 Å². The number of anilines is 1.